The number of hydrogen-bond acceptors (Lipinski definition) is 3. The van der Waals surface area contributed by atoms with Gasteiger partial charge < -0.3 is 10.2 Å². The van der Waals surface area contributed by atoms with E-state index in [1.165, 1.54) is 5.56 Å². The smallest absolute Gasteiger partial charge is 0.242 e. The molecular weight excluding hydrogens is 392 g/mol. The van der Waals surface area contributed by atoms with E-state index < -0.39 is 6.04 Å². The van der Waals surface area contributed by atoms with Gasteiger partial charge in [0.2, 0.25) is 11.8 Å². The number of amides is 2. The highest BCUT2D eigenvalue weighted by atomic mass is 32.2. The molecule has 0 unspecified atom stereocenters. The lowest BCUT2D eigenvalue weighted by Crippen LogP contribution is -2.49. The van der Waals surface area contributed by atoms with Crippen LogP contribution in [0.1, 0.15) is 50.3 Å². The summed E-state index contributed by atoms with van der Waals surface area (Å²) < 4.78 is 0. The van der Waals surface area contributed by atoms with E-state index in [-0.39, 0.29) is 17.9 Å². The number of nitrogens with zero attached hydrogens (tertiary/aromatic N) is 1. The Kier molecular flexibility index (Phi) is 9.44. The molecule has 2 aromatic rings. The summed E-state index contributed by atoms with van der Waals surface area (Å²) in [5, 5.41) is 3.01. The van der Waals surface area contributed by atoms with Crippen molar-refractivity contribution in [1.29, 1.82) is 0 Å². The van der Waals surface area contributed by atoms with E-state index >= 15 is 0 Å². The van der Waals surface area contributed by atoms with E-state index in [1.807, 2.05) is 45.9 Å². The molecule has 2 amide bonds. The lowest BCUT2D eigenvalue weighted by Gasteiger charge is -2.30. The van der Waals surface area contributed by atoms with Gasteiger partial charge in [0.25, 0.3) is 0 Å². The first-order valence-corrected chi connectivity index (χ1v) is 11.6. The minimum Gasteiger partial charge on any atom is -0.352 e. The average Bonchev–Trinajstić information content (AvgIpc) is 2.72. The first kappa shape index (κ1) is 24.0. The van der Waals surface area contributed by atoms with Gasteiger partial charge in [0.15, 0.2) is 0 Å². The van der Waals surface area contributed by atoms with E-state index in [2.05, 4.69) is 42.6 Å². The molecule has 0 saturated carbocycles. The Morgan fingerprint density at radius 2 is 1.73 bits per heavy atom. The zero-order valence-electron chi connectivity index (χ0n) is 18.8. The molecule has 162 valence electrons. The number of aryl methyl sites for hydroxylation is 2. The third kappa shape index (κ3) is 7.52. The van der Waals surface area contributed by atoms with Crippen LogP contribution >= 0.6 is 11.8 Å². The number of carbonyl (C=O) groups excluding carboxylic acids is 2. The first-order valence-electron chi connectivity index (χ1n) is 10.6. The Bertz CT molecular complexity index is 835. The predicted octanol–water partition coefficient (Wildman–Crippen LogP) is 5.12. The third-order valence-electron chi connectivity index (χ3n) is 5.21. The molecule has 5 heteroatoms. The Hall–Kier alpha value is -2.27. The fourth-order valence-corrected chi connectivity index (χ4v) is 3.93. The highest BCUT2D eigenvalue weighted by Crippen LogP contribution is 2.20. The molecule has 4 nitrogen and oxygen atoms in total. The van der Waals surface area contributed by atoms with Crippen LogP contribution in [-0.2, 0) is 16.1 Å². The van der Waals surface area contributed by atoms with Crippen molar-refractivity contribution < 1.29 is 9.59 Å². The second kappa shape index (κ2) is 11.8. The number of nitrogens with one attached hydrogen (secondary N) is 1. The molecule has 0 aromatic heterocycles. The highest BCUT2D eigenvalue weighted by Gasteiger charge is 2.26. The van der Waals surface area contributed by atoms with Crippen LogP contribution in [0.2, 0.25) is 0 Å². The average molecular weight is 427 g/mol. The van der Waals surface area contributed by atoms with Gasteiger partial charge in [0.1, 0.15) is 6.04 Å². The lowest BCUT2D eigenvalue weighted by atomic mass is 10.1. The molecular formula is C25H34N2O2S. The van der Waals surface area contributed by atoms with Crippen molar-refractivity contribution in [1.82, 2.24) is 10.2 Å². The number of carbonyl (C=O) groups is 2. The molecule has 0 radical (unpaired) electrons. The third-order valence-corrected chi connectivity index (χ3v) is 6.22. The number of thioether (sulfide) groups is 1. The van der Waals surface area contributed by atoms with Crippen LogP contribution in [0, 0.1) is 13.8 Å². The Balaban J connectivity index is 2.07. The van der Waals surface area contributed by atoms with Crippen LogP contribution in [0.25, 0.3) is 0 Å². The molecule has 2 rings (SSSR count). The summed E-state index contributed by atoms with van der Waals surface area (Å²) in [7, 11) is 0. The second-order valence-electron chi connectivity index (χ2n) is 7.92. The standard InChI is InChI=1S/C25H34N2O2S/c1-6-20(4)26-25(29)21(5)27(17-22-9-7-8-19(3)16-22)24(28)14-15-30-23-12-10-18(2)11-13-23/h7-13,16,20-21H,6,14-15,17H2,1-5H3,(H,26,29)/t20-,21+/m1/s1. The first-order chi connectivity index (χ1) is 14.3. The van der Waals surface area contributed by atoms with Gasteiger partial charge in [-0.15, -0.1) is 11.8 Å². The maximum absolute atomic E-state index is 13.1. The summed E-state index contributed by atoms with van der Waals surface area (Å²) in [5.41, 5.74) is 3.41. The zero-order chi connectivity index (χ0) is 22.1. The summed E-state index contributed by atoms with van der Waals surface area (Å²) in [6.07, 6.45) is 1.25. The molecule has 0 aliphatic heterocycles. The summed E-state index contributed by atoms with van der Waals surface area (Å²) in [5.74, 6) is 0.589. The van der Waals surface area contributed by atoms with Crippen molar-refractivity contribution >= 4 is 23.6 Å². The predicted molar refractivity (Wildman–Crippen MR) is 126 cm³/mol. The zero-order valence-corrected chi connectivity index (χ0v) is 19.6. The van der Waals surface area contributed by atoms with E-state index in [0.717, 1.165) is 22.4 Å². The van der Waals surface area contributed by atoms with Gasteiger partial charge in [-0.3, -0.25) is 9.59 Å². The maximum atomic E-state index is 13.1. The molecule has 0 heterocycles. The molecule has 2 aromatic carbocycles. The topological polar surface area (TPSA) is 49.4 Å². The van der Waals surface area contributed by atoms with Crippen LogP contribution in [0.15, 0.2) is 53.4 Å². The molecule has 0 bridgehead atoms. The molecule has 0 fully saturated rings. The number of benzene rings is 2. The van der Waals surface area contributed by atoms with Crippen molar-refractivity contribution in [2.45, 2.75) is 71.0 Å². The van der Waals surface area contributed by atoms with Crippen molar-refractivity contribution in [3.05, 3.63) is 65.2 Å². The van der Waals surface area contributed by atoms with Gasteiger partial charge >= 0.3 is 0 Å². The Morgan fingerprint density at radius 1 is 1.03 bits per heavy atom. The molecule has 30 heavy (non-hydrogen) atoms. The van der Waals surface area contributed by atoms with Crippen molar-refractivity contribution in [3.8, 4) is 0 Å². The van der Waals surface area contributed by atoms with Gasteiger partial charge in [-0.25, -0.2) is 0 Å². The van der Waals surface area contributed by atoms with Gasteiger partial charge in [0, 0.05) is 29.7 Å². The molecule has 0 aliphatic carbocycles. The van der Waals surface area contributed by atoms with Crippen molar-refractivity contribution in [2.75, 3.05) is 5.75 Å². The van der Waals surface area contributed by atoms with E-state index in [4.69, 9.17) is 0 Å². The fourth-order valence-electron chi connectivity index (χ4n) is 3.09. The minimum absolute atomic E-state index is 0.00270. The van der Waals surface area contributed by atoms with Crippen LogP contribution in [0.5, 0.6) is 0 Å². The van der Waals surface area contributed by atoms with Crippen molar-refractivity contribution in [3.63, 3.8) is 0 Å². The summed E-state index contributed by atoms with van der Waals surface area (Å²) >= 11 is 1.67. The lowest BCUT2D eigenvalue weighted by molar-refractivity contribution is -0.140. The van der Waals surface area contributed by atoms with Gasteiger partial charge in [0.05, 0.1) is 0 Å². The quantitative estimate of drug-likeness (QED) is 0.537. The summed E-state index contributed by atoms with van der Waals surface area (Å²) in [6, 6.07) is 16.0. The van der Waals surface area contributed by atoms with Crippen LogP contribution in [0.4, 0.5) is 0 Å². The number of rotatable bonds is 10. The van der Waals surface area contributed by atoms with E-state index in [9.17, 15) is 9.59 Å². The SMILES string of the molecule is CC[C@@H](C)NC(=O)[C@H](C)N(Cc1cccc(C)c1)C(=O)CCSc1ccc(C)cc1. The van der Waals surface area contributed by atoms with Gasteiger partial charge in [-0.2, -0.15) is 0 Å². The van der Waals surface area contributed by atoms with Crippen LogP contribution in [-0.4, -0.2) is 34.6 Å². The van der Waals surface area contributed by atoms with Gasteiger partial charge in [-0.05, 0) is 51.8 Å². The van der Waals surface area contributed by atoms with Gasteiger partial charge in [-0.1, -0.05) is 54.4 Å². The van der Waals surface area contributed by atoms with Crippen LogP contribution < -0.4 is 5.32 Å². The molecule has 2 atom stereocenters. The monoisotopic (exact) mass is 426 g/mol. The highest BCUT2D eigenvalue weighted by molar-refractivity contribution is 7.99. The van der Waals surface area contributed by atoms with E-state index in [1.54, 1.807) is 16.7 Å². The van der Waals surface area contributed by atoms with Crippen molar-refractivity contribution in [2.24, 2.45) is 0 Å². The molecule has 1 N–H and O–H groups in total. The summed E-state index contributed by atoms with van der Waals surface area (Å²) in [4.78, 5) is 28.7. The second-order valence-corrected chi connectivity index (χ2v) is 9.08. The minimum atomic E-state index is -0.517. The fraction of sp³-hybridized carbons (Fsp3) is 0.440. The molecule has 0 saturated heterocycles. The normalized spacial score (nSPS) is 12.8. The Morgan fingerprint density at radius 3 is 2.37 bits per heavy atom. The number of hydrogen-bond donors (Lipinski definition) is 1. The summed E-state index contributed by atoms with van der Waals surface area (Å²) in [6.45, 7) is 10.4. The largest absolute Gasteiger partial charge is 0.352 e. The van der Waals surface area contributed by atoms with Crippen LogP contribution in [0.3, 0.4) is 0 Å². The maximum Gasteiger partial charge on any atom is 0.242 e. The Labute approximate surface area is 185 Å². The molecule has 0 spiro atoms. The molecule has 0 aliphatic rings. The van der Waals surface area contributed by atoms with E-state index in [0.29, 0.717) is 18.7 Å².